The van der Waals surface area contributed by atoms with E-state index < -0.39 is 0 Å². The molecule has 0 N–H and O–H groups in total. The summed E-state index contributed by atoms with van der Waals surface area (Å²) in [6, 6.07) is 81.0. The SMILES string of the molecule is c1ccc2cc(-c3ccc4c(-c5cc6ccccc6c6ccccc56)c5ccccc5c(-c5ccc(-c6cc7ccccc7c7ccccc67)cc5)c4c3)ccc2c1. The highest BCUT2D eigenvalue weighted by Crippen LogP contribution is 2.48. The molecule has 0 heteroatoms. The Bertz CT molecular complexity index is 3610. The van der Waals surface area contributed by atoms with Crippen molar-refractivity contribution in [2.75, 3.05) is 0 Å². The molecule has 12 aromatic carbocycles. The van der Waals surface area contributed by atoms with Crippen LogP contribution in [0.25, 0.3) is 120 Å². The lowest BCUT2D eigenvalue weighted by molar-refractivity contribution is 1.64. The Hall–Kier alpha value is -7.54. The fraction of sp³-hybridized carbons (Fsp3) is 0. The van der Waals surface area contributed by atoms with Gasteiger partial charge in [-0.05, 0) is 144 Å². The molecule has 0 amide bonds. The van der Waals surface area contributed by atoms with Crippen LogP contribution >= 0.6 is 0 Å². The Balaban J connectivity index is 1.14. The van der Waals surface area contributed by atoms with Gasteiger partial charge in [-0.1, -0.05) is 194 Å². The number of fused-ring (bicyclic) bond motifs is 9. The lowest BCUT2D eigenvalue weighted by Crippen LogP contribution is -1.93. The Labute approximate surface area is 336 Å². The van der Waals surface area contributed by atoms with E-state index in [0.717, 1.165) is 0 Å². The van der Waals surface area contributed by atoms with E-state index >= 15 is 0 Å². The summed E-state index contributed by atoms with van der Waals surface area (Å²) in [6.45, 7) is 0. The summed E-state index contributed by atoms with van der Waals surface area (Å²) >= 11 is 0. The summed E-state index contributed by atoms with van der Waals surface area (Å²) in [4.78, 5) is 0. The van der Waals surface area contributed by atoms with Crippen molar-refractivity contribution in [3.05, 3.63) is 218 Å². The molecule has 268 valence electrons. The lowest BCUT2D eigenvalue weighted by Gasteiger charge is -2.20. The maximum atomic E-state index is 2.44. The number of hydrogen-bond donors (Lipinski definition) is 0. The second-order valence-electron chi connectivity index (χ2n) is 15.6. The summed E-state index contributed by atoms with van der Waals surface area (Å²) < 4.78 is 0. The summed E-state index contributed by atoms with van der Waals surface area (Å²) in [5, 5.41) is 17.7. The minimum Gasteiger partial charge on any atom is -0.0616 e. The van der Waals surface area contributed by atoms with E-state index in [1.165, 1.54) is 120 Å². The van der Waals surface area contributed by atoms with Crippen LogP contribution in [0.2, 0.25) is 0 Å². The van der Waals surface area contributed by atoms with Crippen molar-refractivity contribution >= 4 is 75.4 Å². The Morgan fingerprint density at radius 3 is 1.24 bits per heavy atom. The first-order valence-electron chi connectivity index (χ1n) is 20.2. The first kappa shape index (κ1) is 32.7. The smallest absolute Gasteiger partial charge is 0.00199 e. The first-order chi connectivity index (χ1) is 28.8. The maximum absolute atomic E-state index is 2.44. The first-order valence-corrected chi connectivity index (χ1v) is 20.2. The molecule has 0 atom stereocenters. The second-order valence-corrected chi connectivity index (χ2v) is 15.6. The number of benzene rings is 12. The Morgan fingerprint density at radius 1 is 0.172 bits per heavy atom. The zero-order valence-electron chi connectivity index (χ0n) is 31.8. The molecule has 12 aromatic rings. The van der Waals surface area contributed by atoms with Gasteiger partial charge in [-0.15, -0.1) is 0 Å². The Morgan fingerprint density at radius 2 is 0.586 bits per heavy atom. The summed E-state index contributed by atoms with van der Waals surface area (Å²) in [6.07, 6.45) is 0. The van der Waals surface area contributed by atoms with Crippen molar-refractivity contribution in [3.8, 4) is 44.5 Å². The van der Waals surface area contributed by atoms with Gasteiger partial charge in [0.2, 0.25) is 0 Å². The molecule has 0 saturated heterocycles. The molecule has 0 aromatic heterocycles. The molecular weight excluding hydrogens is 697 g/mol. The molecule has 0 fully saturated rings. The van der Waals surface area contributed by atoms with Crippen molar-refractivity contribution < 1.29 is 0 Å². The van der Waals surface area contributed by atoms with E-state index in [0.29, 0.717) is 0 Å². The summed E-state index contributed by atoms with van der Waals surface area (Å²) in [5.74, 6) is 0. The van der Waals surface area contributed by atoms with E-state index in [-0.39, 0.29) is 0 Å². The van der Waals surface area contributed by atoms with Crippen LogP contribution in [0, 0.1) is 0 Å². The van der Waals surface area contributed by atoms with E-state index in [4.69, 9.17) is 0 Å². The van der Waals surface area contributed by atoms with Gasteiger partial charge >= 0.3 is 0 Å². The zero-order chi connectivity index (χ0) is 38.2. The van der Waals surface area contributed by atoms with Crippen LogP contribution in [0.1, 0.15) is 0 Å². The lowest BCUT2D eigenvalue weighted by atomic mass is 9.82. The molecule has 0 unspecified atom stereocenters. The van der Waals surface area contributed by atoms with Crippen molar-refractivity contribution in [2.45, 2.75) is 0 Å². The zero-order valence-corrected chi connectivity index (χ0v) is 31.8. The molecule has 0 bridgehead atoms. The molecular formula is C58H36. The van der Waals surface area contributed by atoms with Gasteiger partial charge in [0.15, 0.2) is 0 Å². The largest absolute Gasteiger partial charge is 0.0616 e. The highest BCUT2D eigenvalue weighted by molar-refractivity contribution is 6.26. The Kier molecular flexibility index (Phi) is 7.33. The van der Waals surface area contributed by atoms with Crippen LogP contribution < -0.4 is 0 Å². The van der Waals surface area contributed by atoms with Crippen LogP contribution in [0.15, 0.2) is 218 Å². The van der Waals surface area contributed by atoms with Gasteiger partial charge < -0.3 is 0 Å². The van der Waals surface area contributed by atoms with Crippen LogP contribution in [0.4, 0.5) is 0 Å². The van der Waals surface area contributed by atoms with E-state index in [2.05, 4.69) is 218 Å². The van der Waals surface area contributed by atoms with E-state index in [1.807, 2.05) is 0 Å². The second kappa shape index (κ2) is 13.0. The van der Waals surface area contributed by atoms with Crippen LogP contribution in [0.5, 0.6) is 0 Å². The van der Waals surface area contributed by atoms with Crippen LogP contribution in [-0.4, -0.2) is 0 Å². The standard InChI is InChI=1S/C58H36/c1-2-14-40-33-41(30-25-37(40)13-1)42-31-32-53-56(34-42)57(39-28-26-38(27-29-39)54-35-43-15-3-5-17-45(43)47-19-7-9-21-49(47)54)51-23-11-12-24-52(51)58(53)55-36-44-16-4-6-18-46(44)48-20-8-10-22-50(48)55/h1-36H. The minimum atomic E-state index is 1.21. The van der Waals surface area contributed by atoms with E-state index in [9.17, 15) is 0 Å². The average molecular weight is 733 g/mol. The van der Waals surface area contributed by atoms with E-state index in [1.54, 1.807) is 0 Å². The molecule has 12 rings (SSSR count). The number of rotatable bonds is 4. The molecule has 58 heavy (non-hydrogen) atoms. The van der Waals surface area contributed by atoms with Crippen molar-refractivity contribution in [2.24, 2.45) is 0 Å². The van der Waals surface area contributed by atoms with Crippen molar-refractivity contribution in [1.29, 1.82) is 0 Å². The van der Waals surface area contributed by atoms with Crippen LogP contribution in [-0.2, 0) is 0 Å². The molecule has 0 nitrogen and oxygen atoms in total. The van der Waals surface area contributed by atoms with Crippen molar-refractivity contribution in [1.82, 2.24) is 0 Å². The third-order valence-corrected chi connectivity index (χ3v) is 12.4. The molecule has 0 radical (unpaired) electrons. The molecule has 0 saturated carbocycles. The van der Waals surface area contributed by atoms with Gasteiger partial charge in [0.1, 0.15) is 0 Å². The summed E-state index contributed by atoms with van der Waals surface area (Å²) in [7, 11) is 0. The fourth-order valence-corrected chi connectivity index (χ4v) is 9.70. The van der Waals surface area contributed by atoms with Gasteiger partial charge in [0, 0.05) is 0 Å². The maximum Gasteiger partial charge on any atom is -0.00199 e. The minimum absolute atomic E-state index is 1.21. The van der Waals surface area contributed by atoms with Gasteiger partial charge in [0.25, 0.3) is 0 Å². The highest BCUT2D eigenvalue weighted by atomic mass is 14.2. The number of hydrogen-bond acceptors (Lipinski definition) is 0. The molecule has 0 spiro atoms. The van der Waals surface area contributed by atoms with Gasteiger partial charge in [-0.2, -0.15) is 0 Å². The van der Waals surface area contributed by atoms with Crippen molar-refractivity contribution in [3.63, 3.8) is 0 Å². The molecule has 0 aliphatic heterocycles. The predicted molar refractivity (Wildman–Crippen MR) is 251 cm³/mol. The van der Waals surface area contributed by atoms with Crippen LogP contribution in [0.3, 0.4) is 0 Å². The topological polar surface area (TPSA) is 0 Å². The third kappa shape index (κ3) is 5.09. The average Bonchev–Trinajstić information content (AvgIpc) is 3.30. The van der Waals surface area contributed by atoms with Gasteiger partial charge in [-0.25, -0.2) is 0 Å². The van der Waals surface area contributed by atoms with Gasteiger partial charge in [-0.3, -0.25) is 0 Å². The third-order valence-electron chi connectivity index (χ3n) is 12.4. The molecule has 0 aliphatic carbocycles. The fourth-order valence-electron chi connectivity index (χ4n) is 9.70. The normalized spacial score (nSPS) is 11.8. The quantitative estimate of drug-likeness (QED) is 0.125. The van der Waals surface area contributed by atoms with Gasteiger partial charge in [0.05, 0.1) is 0 Å². The monoisotopic (exact) mass is 732 g/mol. The molecule has 0 heterocycles. The highest BCUT2D eigenvalue weighted by Gasteiger charge is 2.20. The summed E-state index contributed by atoms with van der Waals surface area (Å²) in [5.41, 5.74) is 9.92. The predicted octanol–water partition coefficient (Wildman–Crippen LogP) is 16.4. The molecule has 0 aliphatic rings.